The van der Waals surface area contributed by atoms with Crippen LogP contribution < -0.4 is 10.6 Å². The fourth-order valence-electron chi connectivity index (χ4n) is 2.59. The van der Waals surface area contributed by atoms with Crippen LogP contribution in [0.25, 0.3) is 0 Å². The fourth-order valence-corrected chi connectivity index (χ4v) is 3.39. The molecular weight excluding hydrogens is 351 g/mol. The summed E-state index contributed by atoms with van der Waals surface area (Å²) in [6.07, 6.45) is 0. The van der Waals surface area contributed by atoms with E-state index in [-0.39, 0.29) is 23.7 Å². The Hall–Kier alpha value is -2.99. The van der Waals surface area contributed by atoms with Gasteiger partial charge in [0.2, 0.25) is 5.91 Å². The maximum Gasteiger partial charge on any atom is 0.252 e. The molecule has 0 saturated carbocycles. The van der Waals surface area contributed by atoms with E-state index in [0.29, 0.717) is 11.3 Å². The minimum Gasteiger partial charge on any atom is -0.340 e. The summed E-state index contributed by atoms with van der Waals surface area (Å²) in [6.45, 7) is 1.41. The molecule has 3 aromatic rings. The fraction of sp³-hybridized carbons (Fsp3) is 0.100. The summed E-state index contributed by atoms with van der Waals surface area (Å²) in [5, 5.41) is 7.57. The topological polar surface area (TPSA) is 58.2 Å². The number of rotatable bonds is 5. The molecule has 3 rings (SSSR count). The first-order chi connectivity index (χ1) is 12.5. The molecule has 2 N–H and O–H groups in total. The number of carbonyl (C=O) groups excluding carboxylic acids is 2. The molecule has 1 heterocycles. The summed E-state index contributed by atoms with van der Waals surface area (Å²) >= 11 is 1.51. The van der Waals surface area contributed by atoms with Crippen LogP contribution in [-0.4, -0.2) is 11.8 Å². The minimum absolute atomic E-state index is 0.203. The van der Waals surface area contributed by atoms with Crippen LogP contribution in [0.5, 0.6) is 0 Å². The summed E-state index contributed by atoms with van der Waals surface area (Å²) in [5.41, 5.74) is 1.78. The third kappa shape index (κ3) is 4.34. The molecule has 0 spiro atoms. The first kappa shape index (κ1) is 17.8. The highest BCUT2D eigenvalue weighted by atomic mass is 32.1. The number of thiophene rings is 1. The van der Waals surface area contributed by atoms with E-state index in [1.807, 2.05) is 17.5 Å². The van der Waals surface area contributed by atoms with Crippen molar-refractivity contribution in [1.82, 2.24) is 5.32 Å². The predicted octanol–water partition coefficient (Wildman–Crippen LogP) is 4.37. The van der Waals surface area contributed by atoms with Crippen molar-refractivity contribution in [3.05, 3.63) is 87.9 Å². The van der Waals surface area contributed by atoms with Crippen molar-refractivity contribution in [2.24, 2.45) is 0 Å². The Balaban J connectivity index is 1.86. The second-order valence-electron chi connectivity index (χ2n) is 5.74. The van der Waals surface area contributed by atoms with Crippen molar-refractivity contribution >= 4 is 28.8 Å². The number of anilines is 1. The van der Waals surface area contributed by atoms with Gasteiger partial charge in [0, 0.05) is 23.1 Å². The Morgan fingerprint density at radius 2 is 1.81 bits per heavy atom. The average molecular weight is 368 g/mol. The molecule has 0 aliphatic carbocycles. The number of hydrogen-bond donors (Lipinski definition) is 2. The molecule has 1 atom stereocenters. The van der Waals surface area contributed by atoms with E-state index in [0.717, 1.165) is 10.4 Å². The molecule has 0 bridgehead atoms. The Labute approximate surface area is 154 Å². The van der Waals surface area contributed by atoms with Gasteiger partial charge in [0.15, 0.2) is 0 Å². The first-order valence-electron chi connectivity index (χ1n) is 8.00. The molecule has 6 heteroatoms. The van der Waals surface area contributed by atoms with Crippen molar-refractivity contribution in [2.45, 2.75) is 13.0 Å². The molecule has 1 unspecified atom stereocenters. The zero-order valence-electron chi connectivity index (χ0n) is 14.0. The van der Waals surface area contributed by atoms with Crippen LogP contribution in [0.4, 0.5) is 10.1 Å². The van der Waals surface area contributed by atoms with E-state index in [1.54, 1.807) is 36.4 Å². The average Bonchev–Trinajstić information content (AvgIpc) is 3.14. The van der Waals surface area contributed by atoms with Crippen molar-refractivity contribution in [3.63, 3.8) is 0 Å². The number of halogens is 1. The second-order valence-corrected chi connectivity index (χ2v) is 6.71. The van der Waals surface area contributed by atoms with Crippen LogP contribution in [0.1, 0.15) is 33.8 Å². The largest absolute Gasteiger partial charge is 0.340 e. The summed E-state index contributed by atoms with van der Waals surface area (Å²) in [6, 6.07) is 16.2. The lowest BCUT2D eigenvalue weighted by molar-refractivity contribution is -0.114. The smallest absolute Gasteiger partial charge is 0.252 e. The first-order valence-corrected chi connectivity index (χ1v) is 8.88. The zero-order valence-corrected chi connectivity index (χ0v) is 14.8. The van der Waals surface area contributed by atoms with E-state index in [9.17, 15) is 14.0 Å². The van der Waals surface area contributed by atoms with Crippen LogP contribution in [0, 0.1) is 5.82 Å². The minimum atomic E-state index is -0.382. The lowest BCUT2D eigenvalue weighted by atomic mass is 10.0. The molecule has 1 aromatic heterocycles. The van der Waals surface area contributed by atoms with Crippen LogP contribution in [-0.2, 0) is 4.79 Å². The highest BCUT2D eigenvalue weighted by molar-refractivity contribution is 7.10. The number of nitrogens with one attached hydrogen (secondary N) is 2. The maximum absolute atomic E-state index is 13.2. The zero-order chi connectivity index (χ0) is 18.5. The molecule has 2 amide bonds. The van der Waals surface area contributed by atoms with E-state index >= 15 is 0 Å². The van der Waals surface area contributed by atoms with Crippen LogP contribution in [0.3, 0.4) is 0 Å². The number of amides is 2. The van der Waals surface area contributed by atoms with Gasteiger partial charge in [-0.05, 0) is 47.3 Å². The van der Waals surface area contributed by atoms with Gasteiger partial charge in [-0.2, -0.15) is 0 Å². The molecule has 26 heavy (non-hydrogen) atoms. The molecule has 132 valence electrons. The van der Waals surface area contributed by atoms with Gasteiger partial charge >= 0.3 is 0 Å². The molecule has 0 aliphatic rings. The summed E-state index contributed by atoms with van der Waals surface area (Å²) in [5.74, 6) is -0.807. The molecule has 0 radical (unpaired) electrons. The SMILES string of the molecule is CC(=O)Nc1cccc(C(=O)NC(c2ccc(F)cc2)c2cccs2)c1. The molecule has 0 fully saturated rings. The normalized spacial score (nSPS) is 11.6. The Morgan fingerprint density at radius 3 is 2.46 bits per heavy atom. The van der Waals surface area contributed by atoms with Gasteiger partial charge in [0.1, 0.15) is 5.82 Å². The number of hydrogen-bond acceptors (Lipinski definition) is 3. The third-order valence-corrected chi connectivity index (χ3v) is 4.69. The Bertz CT molecular complexity index is 908. The van der Waals surface area contributed by atoms with Crippen molar-refractivity contribution in [2.75, 3.05) is 5.32 Å². The Kier molecular flexibility index (Phi) is 5.43. The maximum atomic E-state index is 13.2. The third-order valence-electron chi connectivity index (χ3n) is 3.75. The molecule has 0 aliphatic heterocycles. The lowest BCUT2D eigenvalue weighted by Gasteiger charge is -2.18. The van der Waals surface area contributed by atoms with Gasteiger partial charge in [-0.25, -0.2) is 4.39 Å². The summed E-state index contributed by atoms with van der Waals surface area (Å²) in [7, 11) is 0. The summed E-state index contributed by atoms with van der Waals surface area (Å²) < 4.78 is 13.2. The van der Waals surface area contributed by atoms with Gasteiger partial charge < -0.3 is 10.6 Å². The van der Waals surface area contributed by atoms with Crippen molar-refractivity contribution in [3.8, 4) is 0 Å². The molecular formula is C20H17FN2O2S. The van der Waals surface area contributed by atoms with E-state index in [4.69, 9.17) is 0 Å². The second kappa shape index (κ2) is 7.93. The highest BCUT2D eigenvalue weighted by Crippen LogP contribution is 2.27. The van der Waals surface area contributed by atoms with E-state index in [1.165, 1.54) is 30.4 Å². The summed E-state index contributed by atoms with van der Waals surface area (Å²) in [4.78, 5) is 24.9. The molecule has 2 aromatic carbocycles. The quantitative estimate of drug-likeness (QED) is 0.703. The monoisotopic (exact) mass is 368 g/mol. The van der Waals surface area contributed by atoms with Crippen molar-refractivity contribution < 1.29 is 14.0 Å². The molecule has 4 nitrogen and oxygen atoms in total. The van der Waals surface area contributed by atoms with Gasteiger partial charge in [0.25, 0.3) is 5.91 Å². The van der Waals surface area contributed by atoms with Gasteiger partial charge in [-0.1, -0.05) is 24.3 Å². The molecule has 0 saturated heterocycles. The van der Waals surface area contributed by atoms with Crippen LogP contribution >= 0.6 is 11.3 Å². The Morgan fingerprint density at radius 1 is 1.04 bits per heavy atom. The predicted molar refractivity (Wildman–Crippen MR) is 101 cm³/mol. The van der Waals surface area contributed by atoms with E-state index < -0.39 is 0 Å². The van der Waals surface area contributed by atoms with Crippen LogP contribution in [0.2, 0.25) is 0 Å². The van der Waals surface area contributed by atoms with Gasteiger partial charge in [-0.15, -0.1) is 11.3 Å². The van der Waals surface area contributed by atoms with Gasteiger partial charge in [-0.3, -0.25) is 9.59 Å². The van der Waals surface area contributed by atoms with E-state index in [2.05, 4.69) is 10.6 Å². The highest BCUT2D eigenvalue weighted by Gasteiger charge is 2.19. The van der Waals surface area contributed by atoms with Gasteiger partial charge in [0.05, 0.1) is 6.04 Å². The standard InChI is InChI=1S/C20H17FN2O2S/c1-13(24)22-17-5-2-4-15(12-17)20(25)23-19(18-6-3-11-26-18)14-7-9-16(21)10-8-14/h2-12,19H,1H3,(H,22,24)(H,23,25). The number of benzene rings is 2. The van der Waals surface area contributed by atoms with Crippen LogP contribution in [0.15, 0.2) is 66.0 Å². The van der Waals surface area contributed by atoms with Crippen molar-refractivity contribution in [1.29, 1.82) is 0 Å². The number of carbonyl (C=O) groups is 2. The lowest BCUT2D eigenvalue weighted by Crippen LogP contribution is -2.28.